The lowest BCUT2D eigenvalue weighted by molar-refractivity contribution is 0.313. The minimum Gasteiger partial charge on any atom is -0.369 e. The number of nitrogens with zero attached hydrogens (tertiary/aromatic N) is 9. The van der Waals surface area contributed by atoms with Crippen LogP contribution in [0.1, 0.15) is 0 Å². The zero-order valence-electron chi connectivity index (χ0n) is 21.1. The van der Waals surface area contributed by atoms with E-state index in [-0.39, 0.29) is 5.56 Å². The van der Waals surface area contributed by atoms with Gasteiger partial charge in [-0.2, -0.15) is 10.1 Å². The molecular formula is C27H28N10O. The largest absolute Gasteiger partial charge is 0.369 e. The number of nitrogens with one attached hydrogen (secondary N) is 1. The van der Waals surface area contributed by atoms with Crippen molar-refractivity contribution in [3.05, 3.63) is 90.1 Å². The SMILES string of the molecule is C=CCn1c(=O)c2cnc(Nc3ccc(N4CCN(C)CC4)cc3)nc2n1-c1cccc(-n2cccn2)n1. The van der Waals surface area contributed by atoms with Gasteiger partial charge in [0.15, 0.2) is 17.3 Å². The summed E-state index contributed by atoms with van der Waals surface area (Å²) in [6.07, 6.45) is 6.73. The van der Waals surface area contributed by atoms with E-state index in [0.717, 1.165) is 31.9 Å². The zero-order valence-corrected chi connectivity index (χ0v) is 21.1. The number of fused-ring (bicyclic) bond motifs is 1. The van der Waals surface area contributed by atoms with Gasteiger partial charge >= 0.3 is 0 Å². The molecule has 11 nitrogen and oxygen atoms in total. The first-order chi connectivity index (χ1) is 18.6. The Morgan fingerprint density at radius 1 is 1.00 bits per heavy atom. The van der Waals surface area contributed by atoms with Gasteiger partial charge in [0.1, 0.15) is 5.39 Å². The highest BCUT2D eigenvalue weighted by Crippen LogP contribution is 2.22. The molecule has 6 rings (SSSR count). The van der Waals surface area contributed by atoms with Crippen LogP contribution >= 0.6 is 0 Å². The van der Waals surface area contributed by atoms with Crippen LogP contribution < -0.4 is 15.8 Å². The first-order valence-corrected chi connectivity index (χ1v) is 12.5. The summed E-state index contributed by atoms with van der Waals surface area (Å²) in [5.74, 6) is 1.55. The van der Waals surface area contributed by atoms with Gasteiger partial charge in [0.05, 0.1) is 6.54 Å². The molecule has 5 heterocycles. The molecule has 0 radical (unpaired) electrons. The third kappa shape index (κ3) is 4.43. The fourth-order valence-electron chi connectivity index (χ4n) is 4.62. The second kappa shape index (κ2) is 9.94. The minimum atomic E-state index is -0.214. The summed E-state index contributed by atoms with van der Waals surface area (Å²) in [7, 11) is 2.15. The molecule has 0 spiro atoms. The highest BCUT2D eigenvalue weighted by molar-refractivity contribution is 5.77. The third-order valence-electron chi connectivity index (χ3n) is 6.65. The van der Waals surface area contributed by atoms with Crippen LogP contribution in [0.5, 0.6) is 0 Å². The molecule has 38 heavy (non-hydrogen) atoms. The monoisotopic (exact) mass is 508 g/mol. The Kier molecular flexibility index (Phi) is 6.18. The average Bonchev–Trinajstić information content (AvgIpc) is 3.57. The number of hydrogen-bond donors (Lipinski definition) is 1. The Bertz CT molecular complexity index is 1630. The van der Waals surface area contributed by atoms with E-state index in [2.05, 4.69) is 51.0 Å². The number of rotatable bonds is 7. The van der Waals surface area contributed by atoms with Crippen molar-refractivity contribution in [2.24, 2.45) is 0 Å². The molecule has 1 fully saturated rings. The van der Waals surface area contributed by atoms with E-state index in [4.69, 9.17) is 9.97 Å². The van der Waals surface area contributed by atoms with Crippen molar-refractivity contribution in [1.29, 1.82) is 0 Å². The molecular weight excluding hydrogens is 480 g/mol. The minimum absolute atomic E-state index is 0.214. The van der Waals surface area contributed by atoms with Crippen LogP contribution in [-0.2, 0) is 6.54 Å². The van der Waals surface area contributed by atoms with Crippen LogP contribution in [0.3, 0.4) is 0 Å². The summed E-state index contributed by atoms with van der Waals surface area (Å²) >= 11 is 0. The lowest BCUT2D eigenvalue weighted by atomic mass is 10.2. The molecule has 0 amide bonds. The average molecular weight is 509 g/mol. The Balaban J connectivity index is 1.35. The van der Waals surface area contributed by atoms with Crippen molar-refractivity contribution >= 4 is 28.4 Å². The summed E-state index contributed by atoms with van der Waals surface area (Å²) in [5.41, 5.74) is 2.29. The maximum atomic E-state index is 13.2. The number of piperazine rings is 1. The van der Waals surface area contributed by atoms with Crippen molar-refractivity contribution in [2.75, 3.05) is 43.4 Å². The van der Waals surface area contributed by atoms with Gasteiger partial charge in [-0.3, -0.25) is 4.79 Å². The summed E-state index contributed by atoms with van der Waals surface area (Å²) in [6, 6.07) is 15.6. The molecule has 1 aliphatic heterocycles. The molecule has 0 unspecified atom stereocenters. The number of aromatic nitrogens is 7. The van der Waals surface area contributed by atoms with Crippen LogP contribution in [0.25, 0.3) is 22.7 Å². The predicted molar refractivity (Wildman–Crippen MR) is 148 cm³/mol. The molecule has 11 heteroatoms. The smallest absolute Gasteiger partial charge is 0.278 e. The van der Waals surface area contributed by atoms with Crippen molar-refractivity contribution in [2.45, 2.75) is 6.54 Å². The maximum absolute atomic E-state index is 13.2. The molecule has 1 saturated heterocycles. The highest BCUT2D eigenvalue weighted by Gasteiger charge is 2.19. The Labute approximate surface area is 219 Å². The number of allylic oxidation sites excluding steroid dienone is 1. The highest BCUT2D eigenvalue weighted by atomic mass is 16.1. The van der Waals surface area contributed by atoms with Crippen molar-refractivity contribution < 1.29 is 0 Å². The molecule has 1 N–H and O–H groups in total. The van der Waals surface area contributed by atoms with E-state index in [0.29, 0.717) is 35.2 Å². The molecule has 0 aliphatic carbocycles. The fraction of sp³-hybridized carbons (Fsp3) is 0.222. The van der Waals surface area contributed by atoms with Crippen molar-refractivity contribution in [3.63, 3.8) is 0 Å². The standard InChI is InChI=1S/C27H28N10O/c1-3-13-36-26(38)22-19-28-27(30-20-8-10-21(11-9-20)34-17-15-33(2)16-18-34)32-25(22)37(36)24-7-4-6-23(31-24)35-14-5-12-29-35/h3-12,14,19H,1,13,15-18H2,2H3,(H,28,30,32). The van der Waals surface area contributed by atoms with Gasteiger partial charge in [-0.05, 0) is 49.5 Å². The zero-order chi connectivity index (χ0) is 26.1. The summed E-state index contributed by atoms with van der Waals surface area (Å²) in [5, 5.41) is 7.94. The molecule has 0 saturated carbocycles. The van der Waals surface area contributed by atoms with Crippen molar-refractivity contribution in [3.8, 4) is 11.6 Å². The second-order valence-electron chi connectivity index (χ2n) is 9.19. The van der Waals surface area contributed by atoms with Crippen LogP contribution in [-0.4, -0.2) is 72.2 Å². The number of benzene rings is 1. The fourth-order valence-corrected chi connectivity index (χ4v) is 4.62. The van der Waals surface area contributed by atoms with Gasteiger partial charge in [-0.15, -0.1) is 6.58 Å². The van der Waals surface area contributed by atoms with E-state index < -0.39 is 0 Å². The Morgan fingerprint density at radius 2 is 1.79 bits per heavy atom. The molecule has 1 aliphatic rings. The normalized spacial score (nSPS) is 14.2. The molecule has 0 atom stereocenters. The van der Waals surface area contributed by atoms with Gasteiger partial charge in [0.2, 0.25) is 5.95 Å². The van der Waals surface area contributed by atoms with Crippen LogP contribution in [0.4, 0.5) is 17.3 Å². The van der Waals surface area contributed by atoms with Crippen LogP contribution in [0.15, 0.2) is 84.6 Å². The third-order valence-corrected chi connectivity index (χ3v) is 6.65. The van der Waals surface area contributed by atoms with E-state index in [1.54, 1.807) is 32.5 Å². The van der Waals surface area contributed by atoms with Gasteiger partial charge in [-0.1, -0.05) is 12.1 Å². The number of pyridine rings is 1. The van der Waals surface area contributed by atoms with Gasteiger partial charge in [0, 0.05) is 56.1 Å². The molecule has 1 aromatic carbocycles. The van der Waals surface area contributed by atoms with E-state index in [1.165, 1.54) is 5.69 Å². The lowest BCUT2D eigenvalue weighted by Crippen LogP contribution is -2.44. The van der Waals surface area contributed by atoms with Crippen molar-refractivity contribution in [1.82, 2.24) is 39.0 Å². The molecule has 5 aromatic rings. The van der Waals surface area contributed by atoms with Crippen LogP contribution in [0, 0.1) is 0 Å². The van der Waals surface area contributed by atoms with Gasteiger partial charge in [0.25, 0.3) is 5.56 Å². The summed E-state index contributed by atoms with van der Waals surface area (Å²) in [6.45, 7) is 8.24. The molecule has 192 valence electrons. The summed E-state index contributed by atoms with van der Waals surface area (Å²) < 4.78 is 4.92. The molecule has 4 aromatic heterocycles. The van der Waals surface area contributed by atoms with Gasteiger partial charge in [-0.25, -0.2) is 24.0 Å². The number of hydrogen-bond acceptors (Lipinski definition) is 8. The number of likely N-dealkylation sites (N-methyl/N-ethyl adjacent to an activating group) is 1. The lowest BCUT2D eigenvalue weighted by Gasteiger charge is -2.34. The quantitative estimate of drug-likeness (QED) is 0.335. The second-order valence-corrected chi connectivity index (χ2v) is 9.19. The van der Waals surface area contributed by atoms with E-state index >= 15 is 0 Å². The topological polar surface area (TPSA) is 102 Å². The van der Waals surface area contributed by atoms with E-state index in [1.807, 2.05) is 42.6 Å². The predicted octanol–water partition coefficient (Wildman–Crippen LogP) is 2.84. The Hall–Kier alpha value is -4.77. The number of anilines is 3. The first kappa shape index (κ1) is 23.6. The first-order valence-electron chi connectivity index (χ1n) is 12.5. The Morgan fingerprint density at radius 3 is 2.53 bits per heavy atom. The van der Waals surface area contributed by atoms with Gasteiger partial charge < -0.3 is 15.1 Å². The molecule has 0 bridgehead atoms. The van der Waals surface area contributed by atoms with Crippen LogP contribution in [0.2, 0.25) is 0 Å². The summed E-state index contributed by atoms with van der Waals surface area (Å²) in [4.78, 5) is 31.9. The maximum Gasteiger partial charge on any atom is 0.278 e. The van der Waals surface area contributed by atoms with E-state index in [9.17, 15) is 4.79 Å².